The van der Waals surface area contributed by atoms with Crippen LogP contribution >= 0.6 is 11.3 Å². The van der Waals surface area contributed by atoms with Crippen LogP contribution in [0.1, 0.15) is 36.8 Å². The standard InChI is InChI=1S/C21H25FN4O3S/c1-21(2,3)19(29)26-10-8-25(9-11-26)17(27)12-14-13-30-20(23-14)24-18(28)15-6-4-5-7-16(15)22/h4-7,13H,8-12H2,1-3H3,(H,23,24,28). The van der Waals surface area contributed by atoms with Crippen molar-refractivity contribution in [1.82, 2.24) is 14.8 Å². The quantitative estimate of drug-likeness (QED) is 0.806. The summed E-state index contributed by atoms with van der Waals surface area (Å²) >= 11 is 1.18. The lowest BCUT2D eigenvalue weighted by Crippen LogP contribution is -2.53. The van der Waals surface area contributed by atoms with Crippen molar-refractivity contribution in [3.8, 4) is 0 Å². The first kappa shape index (κ1) is 21.9. The summed E-state index contributed by atoms with van der Waals surface area (Å²) in [4.78, 5) is 44.9. The van der Waals surface area contributed by atoms with Gasteiger partial charge in [0.05, 0.1) is 17.7 Å². The number of carbonyl (C=O) groups excluding carboxylic acids is 3. The smallest absolute Gasteiger partial charge is 0.260 e. The molecule has 0 saturated carbocycles. The number of nitrogens with one attached hydrogen (secondary N) is 1. The number of thiazole rings is 1. The van der Waals surface area contributed by atoms with Crippen molar-refractivity contribution in [1.29, 1.82) is 0 Å². The van der Waals surface area contributed by atoms with Gasteiger partial charge in [-0.25, -0.2) is 9.37 Å². The molecular formula is C21H25FN4O3S. The van der Waals surface area contributed by atoms with E-state index >= 15 is 0 Å². The van der Waals surface area contributed by atoms with Gasteiger partial charge >= 0.3 is 0 Å². The maximum absolute atomic E-state index is 13.7. The van der Waals surface area contributed by atoms with Crippen molar-refractivity contribution in [3.05, 3.63) is 46.7 Å². The number of anilines is 1. The van der Waals surface area contributed by atoms with Crippen LogP contribution in [0.15, 0.2) is 29.6 Å². The van der Waals surface area contributed by atoms with Gasteiger partial charge in [0.2, 0.25) is 11.8 Å². The summed E-state index contributed by atoms with van der Waals surface area (Å²) in [5.41, 5.74) is 0.0473. The molecule has 1 fully saturated rings. The van der Waals surface area contributed by atoms with Crippen molar-refractivity contribution >= 4 is 34.2 Å². The number of hydrogen-bond acceptors (Lipinski definition) is 5. The lowest BCUT2D eigenvalue weighted by atomic mass is 9.94. The number of aromatic nitrogens is 1. The molecule has 2 heterocycles. The van der Waals surface area contributed by atoms with E-state index in [2.05, 4.69) is 10.3 Å². The van der Waals surface area contributed by atoms with Gasteiger partial charge in [-0.05, 0) is 12.1 Å². The second kappa shape index (κ2) is 8.91. The molecule has 7 nitrogen and oxygen atoms in total. The van der Waals surface area contributed by atoms with Gasteiger partial charge in [-0.1, -0.05) is 32.9 Å². The Labute approximate surface area is 178 Å². The zero-order valence-electron chi connectivity index (χ0n) is 17.3. The van der Waals surface area contributed by atoms with E-state index in [1.165, 1.54) is 29.5 Å². The second-order valence-corrected chi connectivity index (χ2v) is 9.04. The van der Waals surface area contributed by atoms with Crippen LogP contribution in [0.5, 0.6) is 0 Å². The molecule has 9 heteroatoms. The Hall–Kier alpha value is -2.81. The summed E-state index contributed by atoms with van der Waals surface area (Å²) in [6, 6.07) is 5.71. The van der Waals surface area contributed by atoms with E-state index in [-0.39, 0.29) is 23.8 Å². The molecule has 3 rings (SSSR count). The minimum atomic E-state index is -0.606. The average Bonchev–Trinajstić information content (AvgIpc) is 3.13. The van der Waals surface area contributed by atoms with Crippen LogP contribution in [-0.2, 0) is 16.0 Å². The molecule has 0 aliphatic carbocycles. The molecule has 0 bridgehead atoms. The van der Waals surface area contributed by atoms with Crippen molar-refractivity contribution < 1.29 is 18.8 Å². The molecule has 160 valence electrons. The van der Waals surface area contributed by atoms with Gasteiger partial charge in [0.15, 0.2) is 5.13 Å². The Balaban J connectivity index is 1.53. The maximum Gasteiger partial charge on any atom is 0.260 e. The minimum absolute atomic E-state index is 0.0620. The summed E-state index contributed by atoms with van der Waals surface area (Å²) in [6.45, 7) is 7.67. The molecular weight excluding hydrogens is 407 g/mol. The zero-order valence-corrected chi connectivity index (χ0v) is 18.1. The van der Waals surface area contributed by atoms with E-state index in [0.717, 1.165) is 0 Å². The zero-order chi connectivity index (χ0) is 21.9. The summed E-state index contributed by atoms with van der Waals surface area (Å²) < 4.78 is 13.7. The fraction of sp³-hybridized carbons (Fsp3) is 0.429. The van der Waals surface area contributed by atoms with Crippen LogP contribution in [0.25, 0.3) is 0 Å². The lowest BCUT2D eigenvalue weighted by Gasteiger charge is -2.37. The first-order valence-electron chi connectivity index (χ1n) is 9.72. The van der Waals surface area contributed by atoms with Crippen LogP contribution < -0.4 is 5.32 Å². The van der Waals surface area contributed by atoms with Crippen LogP contribution in [0.4, 0.5) is 9.52 Å². The molecule has 1 aromatic heterocycles. The molecule has 1 aromatic carbocycles. The highest BCUT2D eigenvalue weighted by molar-refractivity contribution is 7.14. The van der Waals surface area contributed by atoms with Gasteiger partial charge in [0.25, 0.3) is 5.91 Å². The molecule has 1 saturated heterocycles. The van der Waals surface area contributed by atoms with Gasteiger partial charge in [0, 0.05) is 37.0 Å². The molecule has 1 aliphatic rings. The van der Waals surface area contributed by atoms with E-state index in [1.54, 1.807) is 21.2 Å². The predicted octanol–water partition coefficient (Wildman–Crippen LogP) is 2.79. The predicted molar refractivity (Wildman–Crippen MR) is 113 cm³/mol. The van der Waals surface area contributed by atoms with Gasteiger partial charge < -0.3 is 9.80 Å². The summed E-state index contributed by atoms with van der Waals surface area (Å²) in [5, 5.41) is 4.58. The summed E-state index contributed by atoms with van der Waals surface area (Å²) in [5.74, 6) is -1.18. The average molecular weight is 433 g/mol. The molecule has 2 aromatic rings. The molecule has 3 amide bonds. The fourth-order valence-electron chi connectivity index (χ4n) is 3.16. The Morgan fingerprint density at radius 3 is 2.37 bits per heavy atom. The highest BCUT2D eigenvalue weighted by Gasteiger charge is 2.31. The SMILES string of the molecule is CC(C)(C)C(=O)N1CCN(C(=O)Cc2csc(NC(=O)c3ccccc3F)n2)CC1. The third-order valence-corrected chi connectivity index (χ3v) is 5.59. The summed E-state index contributed by atoms with van der Waals surface area (Å²) in [6.07, 6.45) is 0.110. The topological polar surface area (TPSA) is 82.6 Å². The molecule has 1 N–H and O–H groups in total. The van der Waals surface area contributed by atoms with E-state index in [4.69, 9.17) is 0 Å². The van der Waals surface area contributed by atoms with Crippen LogP contribution in [0, 0.1) is 11.2 Å². The number of benzene rings is 1. The minimum Gasteiger partial charge on any atom is -0.339 e. The Morgan fingerprint density at radius 2 is 1.73 bits per heavy atom. The fourth-order valence-corrected chi connectivity index (χ4v) is 3.86. The number of nitrogens with zero attached hydrogens (tertiary/aromatic N) is 3. The van der Waals surface area contributed by atoms with Crippen LogP contribution in [-0.4, -0.2) is 58.7 Å². The summed E-state index contributed by atoms with van der Waals surface area (Å²) in [7, 11) is 0. The Morgan fingerprint density at radius 1 is 1.10 bits per heavy atom. The van der Waals surface area contributed by atoms with Crippen molar-refractivity contribution in [2.24, 2.45) is 5.41 Å². The monoisotopic (exact) mass is 432 g/mol. The van der Waals surface area contributed by atoms with E-state index in [1.807, 2.05) is 20.8 Å². The van der Waals surface area contributed by atoms with E-state index in [0.29, 0.717) is 37.0 Å². The highest BCUT2D eigenvalue weighted by atomic mass is 32.1. The highest BCUT2D eigenvalue weighted by Crippen LogP contribution is 2.20. The second-order valence-electron chi connectivity index (χ2n) is 8.18. The Kier molecular flexibility index (Phi) is 6.50. The molecule has 0 spiro atoms. The normalized spacial score (nSPS) is 14.5. The van der Waals surface area contributed by atoms with Gasteiger partial charge in [-0.2, -0.15) is 0 Å². The third-order valence-electron chi connectivity index (χ3n) is 4.78. The lowest BCUT2D eigenvalue weighted by molar-refractivity contribution is -0.144. The van der Waals surface area contributed by atoms with E-state index < -0.39 is 17.1 Å². The number of rotatable bonds is 4. The van der Waals surface area contributed by atoms with Gasteiger partial charge in [-0.3, -0.25) is 19.7 Å². The molecule has 1 aliphatic heterocycles. The van der Waals surface area contributed by atoms with Gasteiger partial charge in [0.1, 0.15) is 5.82 Å². The number of halogens is 1. The largest absolute Gasteiger partial charge is 0.339 e. The first-order valence-corrected chi connectivity index (χ1v) is 10.6. The molecule has 0 unspecified atom stereocenters. The van der Waals surface area contributed by atoms with Crippen LogP contribution in [0.2, 0.25) is 0 Å². The molecule has 0 atom stereocenters. The maximum atomic E-state index is 13.7. The number of carbonyl (C=O) groups is 3. The number of amides is 3. The van der Waals surface area contributed by atoms with E-state index in [9.17, 15) is 18.8 Å². The number of hydrogen-bond donors (Lipinski definition) is 1. The molecule has 0 radical (unpaired) electrons. The first-order chi connectivity index (χ1) is 14.1. The van der Waals surface area contributed by atoms with Crippen molar-refractivity contribution in [3.63, 3.8) is 0 Å². The van der Waals surface area contributed by atoms with Gasteiger partial charge in [-0.15, -0.1) is 11.3 Å². The van der Waals surface area contributed by atoms with Crippen molar-refractivity contribution in [2.45, 2.75) is 27.2 Å². The molecule has 30 heavy (non-hydrogen) atoms. The Bertz CT molecular complexity index is 946. The van der Waals surface area contributed by atoms with Crippen molar-refractivity contribution in [2.75, 3.05) is 31.5 Å². The third kappa shape index (κ3) is 5.21. The number of piperazine rings is 1. The van der Waals surface area contributed by atoms with Crippen LogP contribution in [0.3, 0.4) is 0 Å².